The molecule has 160 valence electrons. The molecule has 1 saturated carbocycles. The van der Waals surface area contributed by atoms with Crippen molar-refractivity contribution in [1.29, 1.82) is 0 Å². The predicted molar refractivity (Wildman–Crippen MR) is 115 cm³/mol. The van der Waals surface area contributed by atoms with Crippen LogP contribution in [0.15, 0.2) is 24.3 Å². The van der Waals surface area contributed by atoms with Crippen LogP contribution in [0.4, 0.5) is 0 Å². The third-order valence-corrected chi connectivity index (χ3v) is 5.94. The van der Waals surface area contributed by atoms with E-state index in [4.69, 9.17) is 4.74 Å². The molecule has 0 spiro atoms. The Balaban J connectivity index is 1.87. The number of fused-ring (bicyclic) bond motifs is 1. The summed E-state index contributed by atoms with van der Waals surface area (Å²) in [6.07, 6.45) is 5.92. The Hall–Kier alpha value is -2.04. The maximum atomic E-state index is 13.1. The number of ether oxygens (including phenoxy) is 1. The highest BCUT2D eigenvalue weighted by Gasteiger charge is 2.36. The number of nitrogens with zero attached hydrogens (tertiary/aromatic N) is 2. The van der Waals surface area contributed by atoms with E-state index in [0.717, 1.165) is 51.6 Å². The average molecular weight is 401 g/mol. The van der Waals surface area contributed by atoms with E-state index in [2.05, 4.69) is 18.7 Å². The third kappa shape index (κ3) is 5.74. The molecule has 2 aliphatic rings. The summed E-state index contributed by atoms with van der Waals surface area (Å²) in [7, 11) is 0. The molecule has 1 aliphatic carbocycles. The number of para-hydroxylation sites is 1. The van der Waals surface area contributed by atoms with Crippen LogP contribution in [0.1, 0.15) is 69.7 Å². The van der Waals surface area contributed by atoms with Gasteiger partial charge in [-0.15, -0.1) is 0 Å². The van der Waals surface area contributed by atoms with E-state index in [-0.39, 0.29) is 17.9 Å². The van der Waals surface area contributed by atoms with Crippen LogP contribution >= 0.6 is 0 Å². The molecule has 1 fully saturated rings. The first-order chi connectivity index (χ1) is 14.0. The quantitative estimate of drug-likeness (QED) is 0.754. The number of carbonyl (C=O) groups is 2. The van der Waals surface area contributed by atoms with Crippen LogP contribution in [-0.4, -0.2) is 53.9 Å². The second-order valence-corrected chi connectivity index (χ2v) is 8.84. The summed E-state index contributed by atoms with van der Waals surface area (Å²) in [5.74, 6) is 1.65. The zero-order chi connectivity index (χ0) is 20.8. The Labute approximate surface area is 175 Å². The second-order valence-electron chi connectivity index (χ2n) is 8.84. The van der Waals surface area contributed by atoms with E-state index in [1.807, 2.05) is 36.1 Å². The van der Waals surface area contributed by atoms with Crippen LogP contribution < -0.4 is 4.74 Å². The third-order valence-electron chi connectivity index (χ3n) is 5.94. The summed E-state index contributed by atoms with van der Waals surface area (Å²) in [5, 5.41) is 0. The largest absolute Gasteiger partial charge is 0.491 e. The van der Waals surface area contributed by atoms with Gasteiger partial charge in [0.1, 0.15) is 12.4 Å². The number of rotatable bonds is 4. The van der Waals surface area contributed by atoms with Crippen molar-refractivity contribution in [3.05, 3.63) is 29.8 Å². The highest BCUT2D eigenvalue weighted by molar-refractivity contribution is 5.96. The molecule has 0 aromatic heterocycles. The van der Waals surface area contributed by atoms with Crippen LogP contribution in [0.3, 0.4) is 0 Å². The van der Waals surface area contributed by atoms with E-state index >= 15 is 0 Å². The topological polar surface area (TPSA) is 49.9 Å². The second kappa shape index (κ2) is 10.1. The molecule has 1 atom stereocenters. The van der Waals surface area contributed by atoms with Crippen molar-refractivity contribution in [2.75, 3.05) is 26.2 Å². The summed E-state index contributed by atoms with van der Waals surface area (Å²) in [4.78, 5) is 30.1. The van der Waals surface area contributed by atoms with Crippen molar-refractivity contribution >= 4 is 11.8 Å². The van der Waals surface area contributed by atoms with Crippen molar-refractivity contribution in [2.45, 2.75) is 65.3 Å². The number of hydrogen-bond donors (Lipinski definition) is 0. The monoisotopic (exact) mass is 400 g/mol. The Morgan fingerprint density at radius 2 is 1.86 bits per heavy atom. The van der Waals surface area contributed by atoms with Crippen LogP contribution in [0, 0.1) is 11.8 Å². The Kier molecular flexibility index (Phi) is 7.57. The van der Waals surface area contributed by atoms with E-state index in [1.54, 1.807) is 0 Å². The van der Waals surface area contributed by atoms with Gasteiger partial charge in [0.15, 0.2) is 0 Å². The minimum atomic E-state index is 0.0358. The molecule has 5 heteroatoms. The summed E-state index contributed by atoms with van der Waals surface area (Å²) in [5.41, 5.74) is 0.622. The van der Waals surface area contributed by atoms with Crippen LogP contribution in [0.2, 0.25) is 0 Å². The fourth-order valence-corrected chi connectivity index (χ4v) is 4.16. The number of hydrogen-bond acceptors (Lipinski definition) is 3. The Morgan fingerprint density at radius 3 is 2.55 bits per heavy atom. The first-order valence-electron chi connectivity index (χ1n) is 11.3. The lowest BCUT2D eigenvalue weighted by Gasteiger charge is -2.33. The standard InChI is InChI=1S/C24H36N2O3/c1-4-25-14-8-5-9-15-26(23(27)19-12-13-19)20(16-18(2)3)17-29-22-11-7-6-10-21(22)24(25)28/h6-7,10-11,18-20H,4-5,8-9,12-17H2,1-3H3/t20-/m0/s1. The van der Waals surface area contributed by atoms with Crippen molar-refractivity contribution < 1.29 is 14.3 Å². The lowest BCUT2D eigenvalue weighted by Crippen LogP contribution is -2.45. The Morgan fingerprint density at radius 1 is 1.14 bits per heavy atom. The molecule has 0 bridgehead atoms. The van der Waals surface area contributed by atoms with Gasteiger partial charge in [0, 0.05) is 25.6 Å². The molecule has 2 amide bonds. The SMILES string of the molecule is CCN1CCCCCN(C(=O)C2CC2)[C@@H](CC(C)C)COc2ccccc2C1=O. The van der Waals surface area contributed by atoms with Gasteiger partial charge in [-0.2, -0.15) is 0 Å². The molecule has 1 aromatic rings. The molecule has 29 heavy (non-hydrogen) atoms. The molecular formula is C24H36N2O3. The van der Waals surface area contributed by atoms with Crippen LogP contribution in [0.25, 0.3) is 0 Å². The molecule has 5 nitrogen and oxygen atoms in total. The van der Waals surface area contributed by atoms with Gasteiger partial charge in [0.05, 0.1) is 11.6 Å². The molecule has 0 radical (unpaired) electrons. The molecule has 0 N–H and O–H groups in total. The summed E-state index contributed by atoms with van der Waals surface area (Å²) in [6, 6.07) is 7.57. The van der Waals surface area contributed by atoms with E-state index < -0.39 is 0 Å². The fourth-order valence-electron chi connectivity index (χ4n) is 4.16. The normalized spacial score (nSPS) is 21.7. The lowest BCUT2D eigenvalue weighted by atomic mass is 10.0. The zero-order valence-corrected chi connectivity index (χ0v) is 18.2. The van der Waals surface area contributed by atoms with E-state index in [1.165, 1.54) is 0 Å². The minimum Gasteiger partial charge on any atom is -0.491 e. The molecule has 1 heterocycles. The van der Waals surface area contributed by atoms with E-state index in [0.29, 0.717) is 36.3 Å². The Bertz CT molecular complexity index is 699. The van der Waals surface area contributed by atoms with Crippen molar-refractivity contribution in [2.24, 2.45) is 11.8 Å². The van der Waals surface area contributed by atoms with Gasteiger partial charge in [-0.3, -0.25) is 9.59 Å². The molecule has 0 unspecified atom stereocenters. The highest BCUT2D eigenvalue weighted by atomic mass is 16.5. The number of carbonyl (C=O) groups excluding carboxylic acids is 2. The minimum absolute atomic E-state index is 0.0358. The first kappa shape index (κ1) is 21.7. The first-order valence-corrected chi connectivity index (χ1v) is 11.3. The van der Waals surface area contributed by atoms with Crippen LogP contribution in [-0.2, 0) is 4.79 Å². The van der Waals surface area contributed by atoms with Gasteiger partial charge < -0.3 is 14.5 Å². The number of benzene rings is 1. The maximum absolute atomic E-state index is 13.1. The fraction of sp³-hybridized carbons (Fsp3) is 0.667. The summed E-state index contributed by atoms with van der Waals surface area (Å²) in [6.45, 7) is 9.07. The summed E-state index contributed by atoms with van der Waals surface area (Å²) < 4.78 is 6.22. The molecule has 3 rings (SSSR count). The zero-order valence-electron chi connectivity index (χ0n) is 18.2. The molecule has 0 saturated heterocycles. The predicted octanol–water partition coefficient (Wildman–Crippen LogP) is 4.36. The highest BCUT2D eigenvalue weighted by Crippen LogP contribution is 2.33. The lowest BCUT2D eigenvalue weighted by molar-refractivity contribution is -0.136. The smallest absolute Gasteiger partial charge is 0.257 e. The number of amides is 2. The van der Waals surface area contributed by atoms with Gasteiger partial charge in [0.2, 0.25) is 5.91 Å². The molecule has 1 aromatic carbocycles. The van der Waals surface area contributed by atoms with Crippen LogP contribution in [0.5, 0.6) is 5.75 Å². The van der Waals surface area contributed by atoms with E-state index in [9.17, 15) is 9.59 Å². The summed E-state index contributed by atoms with van der Waals surface area (Å²) >= 11 is 0. The van der Waals surface area contributed by atoms with Gasteiger partial charge >= 0.3 is 0 Å². The molecular weight excluding hydrogens is 364 g/mol. The van der Waals surface area contributed by atoms with Crippen molar-refractivity contribution in [1.82, 2.24) is 9.80 Å². The van der Waals surface area contributed by atoms with Gasteiger partial charge in [0.25, 0.3) is 5.91 Å². The van der Waals surface area contributed by atoms with Crippen molar-refractivity contribution in [3.63, 3.8) is 0 Å². The van der Waals surface area contributed by atoms with Crippen molar-refractivity contribution in [3.8, 4) is 5.75 Å². The molecule has 1 aliphatic heterocycles. The van der Waals surface area contributed by atoms with Gasteiger partial charge in [-0.1, -0.05) is 26.0 Å². The average Bonchev–Trinajstić information content (AvgIpc) is 3.55. The van der Waals surface area contributed by atoms with Gasteiger partial charge in [-0.05, 0) is 63.5 Å². The maximum Gasteiger partial charge on any atom is 0.257 e. The van der Waals surface area contributed by atoms with Gasteiger partial charge in [-0.25, -0.2) is 0 Å².